The molecule has 0 aliphatic carbocycles. The van der Waals surface area contributed by atoms with E-state index in [4.69, 9.17) is 16.0 Å². The topological polar surface area (TPSA) is 54.3 Å². The average Bonchev–Trinajstić information content (AvgIpc) is 2.84. The van der Waals surface area contributed by atoms with Crippen LogP contribution in [0, 0.1) is 6.92 Å². The van der Waals surface area contributed by atoms with E-state index in [1.807, 2.05) is 37.3 Å². The number of hydrogen-bond acceptors (Lipinski definition) is 3. The number of rotatable bonds is 6. The van der Waals surface area contributed by atoms with Gasteiger partial charge in [0.05, 0.1) is 6.54 Å². The number of halogens is 1. The van der Waals surface area contributed by atoms with E-state index >= 15 is 0 Å². The van der Waals surface area contributed by atoms with Crippen molar-refractivity contribution in [2.75, 3.05) is 13.1 Å². The summed E-state index contributed by atoms with van der Waals surface area (Å²) in [5.41, 5.74) is 1.81. The van der Waals surface area contributed by atoms with E-state index in [-0.39, 0.29) is 5.91 Å². The zero-order valence-electron chi connectivity index (χ0n) is 11.3. The number of hydrogen-bond donors (Lipinski definition) is 2. The second-order valence-electron chi connectivity index (χ2n) is 4.50. The van der Waals surface area contributed by atoms with Gasteiger partial charge >= 0.3 is 0 Å². The van der Waals surface area contributed by atoms with Crippen LogP contribution in [0.4, 0.5) is 0 Å². The highest BCUT2D eigenvalue weighted by Gasteiger charge is 2.04. The first-order valence-electron chi connectivity index (χ1n) is 6.45. The molecular formula is C15H17ClN2O2. The van der Waals surface area contributed by atoms with Crippen LogP contribution >= 0.6 is 11.6 Å². The third-order valence-electron chi connectivity index (χ3n) is 2.83. The minimum atomic E-state index is -0.0622. The van der Waals surface area contributed by atoms with Gasteiger partial charge in [0.15, 0.2) is 5.22 Å². The molecule has 0 atom stereocenters. The van der Waals surface area contributed by atoms with Gasteiger partial charge < -0.3 is 15.1 Å². The first-order valence-corrected chi connectivity index (χ1v) is 6.83. The van der Waals surface area contributed by atoms with Crippen LogP contribution in [-0.2, 0) is 6.54 Å². The summed E-state index contributed by atoms with van der Waals surface area (Å²) in [5, 5.41) is 6.40. The molecule has 0 aliphatic rings. The van der Waals surface area contributed by atoms with Gasteiger partial charge in [-0.3, -0.25) is 4.79 Å². The summed E-state index contributed by atoms with van der Waals surface area (Å²) in [6.45, 7) is 3.80. The molecule has 2 N–H and O–H groups in total. The van der Waals surface area contributed by atoms with Gasteiger partial charge in [-0.15, -0.1) is 0 Å². The molecule has 1 amide bonds. The summed E-state index contributed by atoms with van der Waals surface area (Å²) in [5.74, 6) is 0.715. The maximum Gasteiger partial charge on any atom is 0.251 e. The van der Waals surface area contributed by atoms with Gasteiger partial charge in [0.1, 0.15) is 5.76 Å². The molecule has 0 unspecified atom stereocenters. The van der Waals surface area contributed by atoms with Gasteiger partial charge in [-0.2, -0.15) is 0 Å². The molecule has 0 saturated carbocycles. The van der Waals surface area contributed by atoms with Gasteiger partial charge in [-0.25, -0.2) is 0 Å². The highest BCUT2D eigenvalue weighted by atomic mass is 35.5. The van der Waals surface area contributed by atoms with E-state index in [1.165, 1.54) is 0 Å². The standard InChI is InChI=1S/C15H17ClN2O2/c1-11-2-4-12(5-3-11)15(19)18-9-8-17-10-13-6-7-14(16)20-13/h2-7,17H,8-10H2,1H3,(H,18,19). The van der Waals surface area contributed by atoms with Gasteiger partial charge in [-0.1, -0.05) is 17.7 Å². The molecule has 0 fully saturated rings. The Hall–Kier alpha value is -1.78. The Morgan fingerprint density at radius 3 is 2.55 bits per heavy atom. The monoisotopic (exact) mass is 292 g/mol. The van der Waals surface area contributed by atoms with Crippen molar-refractivity contribution in [3.05, 3.63) is 58.5 Å². The lowest BCUT2D eigenvalue weighted by molar-refractivity contribution is 0.0954. The molecule has 0 aliphatic heterocycles. The van der Waals surface area contributed by atoms with Crippen LogP contribution in [-0.4, -0.2) is 19.0 Å². The SMILES string of the molecule is Cc1ccc(C(=O)NCCNCc2ccc(Cl)o2)cc1. The molecule has 5 heteroatoms. The number of aryl methyl sites for hydroxylation is 1. The second-order valence-corrected chi connectivity index (χ2v) is 4.88. The molecule has 1 aromatic heterocycles. The van der Waals surface area contributed by atoms with Crippen LogP contribution in [0.25, 0.3) is 0 Å². The lowest BCUT2D eigenvalue weighted by Crippen LogP contribution is -2.31. The van der Waals surface area contributed by atoms with E-state index < -0.39 is 0 Å². The predicted octanol–water partition coefficient (Wildman–Crippen LogP) is 2.76. The largest absolute Gasteiger partial charge is 0.448 e. The summed E-state index contributed by atoms with van der Waals surface area (Å²) in [4.78, 5) is 11.8. The zero-order chi connectivity index (χ0) is 14.4. The molecule has 0 saturated heterocycles. The summed E-state index contributed by atoms with van der Waals surface area (Å²) in [7, 11) is 0. The fourth-order valence-electron chi connectivity index (χ4n) is 1.73. The lowest BCUT2D eigenvalue weighted by Gasteiger charge is -2.06. The molecule has 1 aromatic carbocycles. The van der Waals surface area contributed by atoms with Crippen LogP contribution < -0.4 is 10.6 Å². The third kappa shape index (κ3) is 4.40. The lowest BCUT2D eigenvalue weighted by atomic mass is 10.1. The van der Waals surface area contributed by atoms with Crippen molar-refractivity contribution in [1.82, 2.24) is 10.6 Å². The average molecular weight is 293 g/mol. The molecule has 106 valence electrons. The van der Waals surface area contributed by atoms with Gasteiger partial charge in [0.25, 0.3) is 5.91 Å². The van der Waals surface area contributed by atoms with Crippen molar-refractivity contribution in [3.63, 3.8) is 0 Å². The van der Waals surface area contributed by atoms with Crippen LogP contribution in [0.15, 0.2) is 40.8 Å². The zero-order valence-corrected chi connectivity index (χ0v) is 12.0. The number of benzene rings is 1. The second kappa shape index (κ2) is 7.12. The molecule has 4 nitrogen and oxygen atoms in total. The van der Waals surface area contributed by atoms with Gasteiger partial charge in [0, 0.05) is 18.7 Å². The molecule has 1 heterocycles. The number of nitrogens with one attached hydrogen (secondary N) is 2. The number of carbonyl (C=O) groups excluding carboxylic acids is 1. The quantitative estimate of drug-likeness (QED) is 0.805. The highest BCUT2D eigenvalue weighted by molar-refractivity contribution is 6.28. The summed E-state index contributed by atoms with van der Waals surface area (Å²) >= 11 is 5.67. The van der Waals surface area contributed by atoms with Crippen molar-refractivity contribution < 1.29 is 9.21 Å². The van der Waals surface area contributed by atoms with Crippen molar-refractivity contribution in [2.24, 2.45) is 0 Å². The Bertz CT molecular complexity index is 564. The third-order valence-corrected chi connectivity index (χ3v) is 3.03. The van der Waals surface area contributed by atoms with Gasteiger partial charge in [-0.05, 0) is 42.8 Å². The molecule has 0 bridgehead atoms. The van der Waals surface area contributed by atoms with Crippen LogP contribution in [0.3, 0.4) is 0 Å². The van der Waals surface area contributed by atoms with E-state index in [1.54, 1.807) is 6.07 Å². The maximum atomic E-state index is 11.8. The van der Waals surface area contributed by atoms with E-state index in [9.17, 15) is 4.79 Å². The first-order chi connectivity index (χ1) is 9.65. The Kier molecular flexibility index (Phi) is 5.21. The minimum Gasteiger partial charge on any atom is -0.448 e. The summed E-state index contributed by atoms with van der Waals surface area (Å²) in [6, 6.07) is 11.0. The number of furan rings is 1. The predicted molar refractivity (Wildman–Crippen MR) is 78.9 cm³/mol. The summed E-state index contributed by atoms with van der Waals surface area (Å²) in [6.07, 6.45) is 0. The number of carbonyl (C=O) groups is 1. The van der Waals surface area contributed by atoms with Crippen molar-refractivity contribution in [2.45, 2.75) is 13.5 Å². The molecule has 0 spiro atoms. The maximum absolute atomic E-state index is 11.8. The summed E-state index contributed by atoms with van der Waals surface area (Å²) < 4.78 is 5.21. The first kappa shape index (κ1) is 14.6. The fourth-order valence-corrected chi connectivity index (χ4v) is 1.89. The smallest absolute Gasteiger partial charge is 0.251 e. The van der Waals surface area contributed by atoms with Crippen molar-refractivity contribution >= 4 is 17.5 Å². The molecular weight excluding hydrogens is 276 g/mol. The minimum absolute atomic E-state index is 0.0622. The van der Waals surface area contributed by atoms with Crippen LogP contribution in [0.5, 0.6) is 0 Å². The van der Waals surface area contributed by atoms with E-state index in [2.05, 4.69) is 10.6 Å². The van der Waals surface area contributed by atoms with E-state index in [0.717, 1.165) is 11.3 Å². The molecule has 2 rings (SSSR count). The molecule has 20 heavy (non-hydrogen) atoms. The Morgan fingerprint density at radius 2 is 1.90 bits per heavy atom. The van der Waals surface area contributed by atoms with Gasteiger partial charge in [0.2, 0.25) is 0 Å². The Labute approximate surface area is 123 Å². The fraction of sp³-hybridized carbons (Fsp3) is 0.267. The highest BCUT2D eigenvalue weighted by Crippen LogP contribution is 2.12. The normalized spacial score (nSPS) is 10.5. The molecule has 2 aromatic rings. The van der Waals surface area contributed by atoms with E-state index in [0.29, 0.717) is 30.4 Å². The van der Waals surface area contributed by atoms with Crippen LogP contribution in [0.2, 0.25) is 5.22 Å². The Balaban J connectivity index is 1.65. The molecule has 0 radical (unpaired) electrons. The van der Waals surface area contributed by atoms with Crippen molar-refractivity contribution in [3.8, 4) is 0 Å². The van der Waals surface area contributed by atoms with Crippen molar-refractivity contribution in [1.29, 1.82) is 0 Å². The van der Waals surface area contributed by atoms with Crippen LogP contribution in [0.1, 0.15) is 21.7 Å². The Morgan fingerprint density at radius 1 is 1.15 bits per heavy atom. The number of amides is 1.